The van der Waals surface area contributed by atoms with Gasteiger partial charge in [-0.15, -0.1) is 0 Å². The second-order valence-corrected chi connectivity index (χ2v) is 7.75. The number of nitrogens with one attached hydrogen (secondary N) is 1. The Hall–Kier alpha value is -2.31. The maximum atomic E-state index is 13.2. The number of epoxide rings is 1. The average Bonchev–Trinajstić information content (AvgIpc) is 3.41. The molecule has 1 aromatic rings. The van der Waals surface area contributed by atoms with E-state index in [1.807, 2.05) is 12.2 Å². The summed E-state index contributed by atoms with van der Waals surface area (Å²) in [4.78, 5) is 4.60. The predicted molar refractivity (Wildman–Crippen MR) is 102 cm³/mol. The Morgan fingerprint density at radius 3 is 3.00 bits per heavy atom. The summed E-state index contributed by atoms with van der Waals surface area (Å²) in [5, 5.41) is 7.95. The molecule has 5 unspecified atom stereocenters. The standard InChI is InChI=1S/C21H22FN3O2/c22-12-1-6-18(17(24)8-12)25-14-3-5-16-19(9-14)26-10-11-7-13(23)2-4-15(11)20-21(16)27-20/h1,3,5-8,15-16,19-21,23H,2,4,9-10,24H2. The molecule has 3 N–H and O–H groups in total. The van der Waals surface area contributed by atoms with Crippen LogP contribution in [0.25, 0.3) is 0 Å². The summed E-state index contributed by atoms with van der Waals surface area (Å²) >= 11 is 0. The third-order valence-corrected chi connectivity index (χ3v) is 5.97. The minimum atomic E-state index is -0.364. The maximum Gasteiger partial charge on any atom is 0.125 e. The van der Waals surface area contributed by atoms with Gasteiger partial charge in [0.15, 0.2) is 0 Å². The number of ether oxygens (including phenoxy) is 2. The second-order valence-electron chi connectivity index (χ2n) is 7.75. The van der Waals surface area contributed by atoms with Crippen molar-refractivity contribution in [1.29, 1.82) is 5.41 Å². The molecule has 2 fully saturated rings. The van der Waals surface area contributed by atoms with Crippen molar-refractivity contribution in [2.45, 2.75) is 37.6 Å². The lowest BCUT2D eigenvalue weighted by Gasteiger charge is -2.33. The van der Waals surface area contributed by atoms with Gasteiger partial charge in [-0.1, -0.05) is 6.08 Å². The van der Waals surface area contributed by atoms with Crippen LogP contribution in [-0.2, 0) is 9.47 Å². The van der Waals surface area contributed by atoms with Crippen molar-refractivity contribution >= 4 is 22.8 Å². The quantitative estimate of drug-likeness (QED) is 0.588. The van der Waals surface area contributed by atoms with Gasteiger partial charge in [0, 0.05) is 29.7 Å². The molecule has 0 saturated carbocycles. The minimum absolute atomic E-state index is 0.0108. The fourth-order valence-electron chi connectivity index (χ4n) is 4.51. The molecule has 2 heterocycles. The van der Waals surface area contributed by atoms with E-state index in [4.69, 9.17) is 20.6 Å². The van der Waals surface area contributed by atoms with E-state index in [0.717, 1.165) is 18.6 Å². The first kappa shape index (κ1) is 16.8. The molecule has 2 aliphatic heterocycles. The predicted octanol–water partition coefficient (Wildman–Crippen LogP) is 3.58. The summed E-state index contributed by atoms with van der Waals surface area (Å²) in [6.45, 7) is 0.542. The van der Waals surface area contributed by atoms with Crippen LogP contribution in [0, 0.1) is 23.1 Å². The lowest BCUT2D eigenvalue weighted by atomic mass is 9.78. The number of nitrogen functional groups attached to an aromatic ring is 1. The van der Waals surface area contributed by atoms with Crippen LogP contribution in [0.4, 0.5) is 15.8 Å². The van der Waals surface area contributed by atoms with Crippen molar-refractivity contribution in [3.05, 3.63) is 47.8 Å². The number of fused-ring (bicyclic) bond motifs is 5. The molecule has 2 aliphatic carbocycles. The lowest BCUT2D eigenvalue weighted by Crippen LogP contribution is -2.38. The van der Waals surface area contributed by atoms with Crippen molar-refractivity contribution in [3.8, 4) is 0 Å². The van der Waals surface area contributed by atoms with Gasteiger partial charge in [-0.2, -0.15) is 0 Å². The third kappa shape index (κ3) is 3.13. The molecule has 5 atom stereocenters. The Balaban J connectivity index is 1.40. The fraction of sp³-hybridized carbons (Fsp3) is 0.429. The molecular formula is C21H22FN3O2. The van der Waals surface area contributed by atoms with Gasteiger partial charge in [-0.25, -0.2) is 4.39 Å². The van der Waals surface area contributed by atoms with Crippen LogP contribution < -0.4 is 5.73 Å². The van der Waals surface area contributed by atoms with Crippen LogP contribution in [0.5, 0.6) is 0 Å². The van der Waals surface area contributed by atoms with Crippen LogP contribution in [0.2, 0.25) is 0 Å². The average molecular weight is 367 g/mol. The summed E-state index contributed by atoms with van der Waals surface area (Å²) in [6.07, 6.45) is 9.01. The number of halogens is 1. The molecule has 5 nitrogen and oxygen atoms in total. The summed E-state index contributed by atoms with van der Waals surface area (Å²) in [7, 11) is 0. The highest BCUT2D eigenvalue weighted by atomic mass is 19.1. The van der Waals surface area contributed by atoms with E-state index >= 15 is 0 Å². The number of benzene rings is 1. The molecule has 4 aliphatic rings. The molecule has 0 aromatic heterocycles. The van der Waals surface area contributed by atoms with Gasteiger partial charge >= 0.3 is 0 Å². The first-order valence-corrected chi connectivity index (χ1v) is 9.44. The van der Waals surface area contributed by atoms with Gasteiger partial charge < -0.3 is 20.6 Å². The molecule has 1 aromatic carbocycles. The van der Waals surface area contributed by atoms with E-state index in [2.05, 4.69) is 11.1 Å². The Morgan fingerprint density at radius 2 is 2.15 bits per heavy atom. The van der Waals surface area contributed by atoms with Crippen LogP contribution >= 0.6 is 0 Å². The van der Waals surface area contributed by atoms with Crippen LogP contribution in [0.3, 0.4) is 0 Å². The van der Waals surface area contributed by atoms with Crippen molar-refractivity contribution in [3.63, 3.8) is 0 Å². The molecule has 0 bridgehead atoms. The second kappa shape index (κ2) is 6.39. The minimum Gasteiger partial charge on any atom is -0.397 e. The zero-order chi connectivity index (χ0) is 18.5. The Labute approximate surface area is 157 Å². The van der Waals surface area contributed by atoms with Gasteiger partial charge in [0.25, 0.3) is 0 Å². The molecule has 27 heavy (non-hydrogen) atoms. The lowest BCUT2D eigenvalue weighted by molar-refractivity contribution is 0.0299. The Kier molecular flexibility index (Phi) is 3.98. The Morgan fingerprint density at radius 1 is 1.26 bits per heavy atom. The zero-order valence-corrected chi connectivity index (χ0v) is 14.9. The van der Waals surface area contributed by atoms with Gasteiger partial charge in [-0.05, 0) is 48.8 Å². The van der Waals surface area contributed by atoms with Gasteiger partial charge in [0.1, 0.15) is 5.82 Å². The molecular weight excluding hydrogens is 345 g/mol. The molecule has 0 amide bonds. The van der Waals surface area contributed by atoms with E-state index in [1.165, 1.54) is 17.7 Å². The van der Waals surface area contributed by atoms with Gasteiger partial charge in [-0.3, -0.25) is 4.99 Å². The van der Waals surface area contributed by atoms with Crippen molar-refractivity contribution in [2.24, 2.45) is 16.8 Å². The topological polar surface area (TPSA) is 84.0 Å². The highest BCUT2D eigenvalue weighted by Crippen LogP contribution is 2.47. The summed E-state index contributed by atoms with van der Waals surface area (Å²) in [6, 6.07) is 4.25. The first-order valence-electron chi connectivity index (χ1n) is 9.44. The summed E-state index contributed by atoms with van der Waals surface area (Å²) < 4.78 is 25.5. The first-order chi connectivity index (χ1) is 13.1. The third-order valence-electron chi connectivity index (χ3n) is 5.97. The van der Waals surface area contributed by atoms with Crippen molar-refractivity contribution in [2.75, 3.05) is 12.3 Å². The smallest absolute Gasteiger partial charge is 0.125 e. The number of allylic oxidation sites excluding steroid dienone is 2. The summed E-state index contributed by atoms with van der Waals surface area (Å²) in [5.74, 6) is 0.242. The number of anilines is 1. The van der Waals surface area contributed by atoms with Crippen LogP contribution in [0.1, 0.15) is 19.3 Å². The largest absolute Gasteiger partial charge is 0.397 e. The number of nitrogens with two attached hydrogens (primary N) is 1. The molecule has 2 saturated heterocycles. The van der Waals surface area contributed by atoms with E-state index in [0.29, 0.717) is 36.0 Å². The molecule has 140 valence electrons. The highest BCUT2D eigenvalue weighted by molar-refractivity contribution is 5.98. The number of hydrogen-bond donors (Lipinski definition) is 2. The zero-order valence-electron chi connectivity index (χ0n) is 14.9. The number of rotatable bonds is 1. The number of aliphatic imine (C=N–C) groups is 1. The van der Waals surface area contributed by atoms with E-state index in [-0.39, 0.29) is 30.0 Å². The summed E-state index contributed by atoms with van der Waals surface area (Å²) in [5.41, 5.74) is 9.52. The van der Waals surface area contributed by atoms with Crippen LogP contribution in [0.15, 0.2) is 47.0 Å². The van der Waals surface area contributed by atoms with E-state index < -0.39 is 0 Å². The number of nitrogens with zero attached hydrogens (tertiary/aromatic N) is 1. The monoisotopic (exact) mass is 367 g/mol. The van der Waals surface area contributed by atoms with E-state index in [1.54, 1.807) is 6.07 Å². The SMILES string of the molecule is N=C1C=C2COC3CC(=Nc4ccc(F)cc4N)C=CC3C3OC3C2CC1. The fourth-order valence-corrected chi connectivity index (χ4v) is 4.51. The maximum absolute atomic E-state index is 13.2. The highest BCUT2D eigenvalue weighted by Gasteiger charge is 2.54. The van der Waals surface area contributed by atoms with Gasteiger partial charge in [0.2, 0.25) is 0 Å². The van der Waals surface area contributed by atoms with Crippen molar-refractivity contribution in [1.82, 2.24) is 0 Å². The van der Waals surface area contributed by atoms with Crippen molar-refractivity contribution < 1.29 is 13.9 Å². The molecule has 5 rings (SSSR count). The van der Waals surface area contributed by atoms with Gasteiger partial charge in [0.05, 0.1) is 36.3 Å². The van der Waals surface area contributed by atoms with Crippen LogP contribution in [-0.4, -0.2) is 36.3 Å². The van der Waals surface area contributed by atoms with E-state index in [9.17, 15) is 4.39 Å². The Bertz CT molecular complexity index is 891. The number of hydrogen-bond acceptors (Lipinski definition) is 5. The molecule has 6 heteroatoms. The normalized spacial score (nSPS) is 36.2. The molecule has 0 spiro atoms. The molecule has 0 radical (unpaired) electrons.